The zero-order valence-electron chi connectivity index (χ0n) is 7.84. The van der Waals surface area contributed by atoms with Crippen molar-refractivity contribution in [3.63, 3.8) is 0 Å². The standard InChI is InChI=1S/C11H10N2S/c1-9-5-6-11(13-8-9)14-10-4-2-3-7-12-10/h2-8H,1H3. The highest BCUT2D eigenvalue weighted by molar-refractivity contribution is 7.99. The molecular weight excluding hydrogens is 192 g/mol. The second-order valence-corrected chi connectivity index (χ2v) is 3.98. The van der Waals surface area contributed by atoms with Crippen LogP contribution < -0.4 is 0 Å². The first-order valence-corrected chi connectivity index (χ1v) is 5.18. The van der Waals surface area contributed by atoms with Crippen LogP contribution >= 0.6 is 11.8 Å². The molecule has 2 aromatic heterocycles. The van der Waals surface area contributed by atoms with Crippen molar-refractivity contribution in [1.82, 2.24) is 9.97 Å². The number of hydrogen-bond acceptors (Lipinski definition) is 3. The Labute approximate surface area is 87.4 Å². The van der Waals surface area contributed by atoms with Gasteiger partial charge >= 0.3 is 0 Å². The van der Waals surface area contributed by atoms with E-state index in [9.17, 15) is 0 Å². The minimum atomic E-state index is 0.976. The minimum Gasteiger partial charge on any atom is -0.250 e. The van der Waals surface area contributed by atoms with Gasteiger partial charge in [-0.2, -0.15) is 0 Å². The van der Waals surface area contributed by atoms with E-state index in [-0.39, 0.29) is 0 Å². The predicted molar refractivity (Wildman–Crippen MR) is 57.3 cm³/mol. The molecule has 70 valence electrons. The van der Waals surface area contributed by atoms with Gasteiger partial charge in [-0.3, -0.25) is 0 Å². The first-order valence-electron chi connectivity index (χ1n) is 4.36. The maximum atomic E-state index is 4.30. The van der Waals surface area contributed by atoms with Crippen LogP contribution in [0, 0.1) is 6.92 Å². The quantitative estimate of drug-likeness (QED) is 0.748. The van der Waals surface area contributed by atoms with Gasteiger partial charge in [0.25, 0.3) is 0 Å². The van der Waals surface area contributed by atoms with Crippen LogP contribution in [0.5, 0.6) is 0 Å². The Kier molecular flexibility index (Phi) is 2.79. The normalized spacial score (nSPS) is 10.1. The third-order valence-corrected chi connectivity index (χ3v) is 2.63. The smallest absolute Gasteiger partial charge is 0.102 e. The van der Waals surface area contributed by atoms with Crippen LogP contribution in [0.4, 0.5) is 0 Å². The van der Waals surface area contributed by atoms with Crippen molar-refractivity contribution in [2.75, 3.05) is 0 Å². The van der Waals surface area contributed by atoms with E-state index in [1.807, 2.05) is 37.4 Å². The van der Waals surface area contributed by atoms with Gasteiger partial charge < -0.3 is 0 Å². The van der Waals surface area contributed by atoms with E-state index in [2.05, 4.69) is 16.0 Å². The predicted octanol–water partition coefficient (Wildman–Crippen LogP) is 2.94. The molecule has 0 unspecified atom stereocenters. The highest BCUT2D eigenvalue weighted by atomic mass is 32.2. The Morgan fingerprint density at radius 3 is 2.50 bits per heavy atom. The van der Waals surface area contributed by atoms with Crippen molar-refractivity contribution in [3.8, 4) is 0 Å². The van der Waals surface area contributed by atoms with Gasteiger partial charge in [-0.25, -0.2) is 9.97 Å². The van der Waals surface area contributed by atoms with E-state index in [4.69, 9.17) is 0 Å². The van der Waals surface area contributed by atoms with Crippen molar-refractivity contribution in [3.05, 3.63) is 48.3 Å². The number of aromatic nitrogens is 2. The molecule has 0 radical (unpaired) electrons. The van der Waals surface area contributed by atoms with Crippen LogP contribution in [0.15, 0.2) is 52.8 Å². The fraction of sp³-hybridized carbons (Fsp3) is 0.0909. The second-order valence-electron chi connectivity index (χ2n) is 2.94. The lowest BCUT2D eigenvalue weighted by Gasteiger charge is -1.99. The first kappa shape index (κ1) is 9.21. The summed E-state index contributed by atoms with van der Waals surface area (Å²) in [6.07, 6.45) is 3.65. The zero-order valence-corrected chi connectivity index (χ0v) is 8.66. The average molecular weight is 202 g/mol. The molecular formula is C11H10N2S. The lowest BCUT2D eigenvalue weighted by molar-refractivity contribution is 1.08. The molecule has 0 spiro atoms. The summed E-state index contributed by atoms with van der Waals surface area (Å²) >= 11 is 1.57. The topological polar surface area (TPSA) is 25.8 Å². The minimum absolute atomic E-state index is 0.976. The summed E-state index contributed by atoms with van der Waals surface area (Å²) in [6.45, 7) is 2.03. The molecule has 0 amide bonds. The van der Waals surface area contributed by atoms with E-state index in [1.54, 1.807) is 18.0 Å². The van der Waals surface area contributed by atoms with E-state index in [0.717, 1.165) is 10.1 Å². The van der Waals surface area contributed by atoms with Gasteiger partial charge in [0.05, 0.1) is 0 Å². The molecule has 0 saturated heterocycles. The molecule has 2 rings (SSSR count). The van der Waals surface area contributed by atoms with Gasteiger partial charge in [0, 0.05) is 12.4 Å². The van der Waals surface area contributed by atoms with Gasteiger partial charge in [0.1, 0.15) is 10.1 Å². The highest BCUT2D eigenvalue weighted by Gasteiger charge is 1.97. The average Bonchev–Trinajstić information content (AvgIpc) is 2.23. The van der Waals surface area contributed by atoms with Crippen LogP contribution in [0.3, 0.4) is 0 Å². The summed E-state index contributed by atoms with van der Waals surface area (Å²) in [4.78, 5) is 8.52. The van der Waals surface area contributed by atoms with E-state index >= 15 is 0 Å². The molecule has 3 heteroatoms. The Hall–Kier alpha value is -1.35. The van der Waals surface area contributed by atoms with E-state index in [1.165, 1.54) is 5.56 Å². The summed E-state index contributed by atoms with van der Waals surface area (Å²) in [5.74, 6) is 0. The molecule has 0 aliphatic heterocycles. The number of nitrogens with zero attached hydrogens (tertiary/aromatic N) is 2. The molecule has 0 atom stereocenters. The van der Waals surface area contributed by atoms with Crippen LogP contribution in [-0.2, 0) is 0 Å². The second kappa shape index (κ2) is 4.24. The highest BCUT2D eigenvalue weighted by Crippen LogP contribution is 2.23. The molecule has 0 N–H and O–H groups in total. The maximum Gasteiger partial charge on any atom is 0.102 e. The first-order chi connectivity index (χ1) is 6.84. The van der Waals surface area contributed by atoms with Crippen molar-refractivity contribution < 1.29 is 0 Å². The van der Waals surface area contributed by atoms with Crippen LogP contribution in [0.25, 0.3) is 0 Å². The summed E-state index contributed by atoms with van der Waals surface area (Å²) in [5.41, 5.74) is 1.18. The Balaban J connectivity index is 2.16. The molecule has 2 nitrogen and oxygen atoms in total. The fourth-order valence-corrected chi connectivity index (χ4v) is 1.75. The fourth-order valence-electron chi connectivity index (χ4n) is 1.03. The largest absolute Gasteiger partial charge is 0.250 e. The van der Waals surface area contributed by atoms with Crippen molar-refractivity contribution in [2.24, 2.45) is 0 Å². The third kappa shape index (κ3) is 2.33. The number of rotatable bonds is 2. The van der Waals surface area contributed by atoms with Crippen molar-refractivity contribution in [2.45, 2.75) is 17.0 Å². The van der Waals surface area contributed by atoms with Crippen LogP contribution in [0.2, 0.25) is 0 Å². The van der Waals surface area contributed by atoms with Crippen molar-refractivity contribution in [1.29, 1.82) is 0 Å². The Morgan fingerprint density at radius 1 is 1.00 bits per heavy atom. The molecule has 0 aliphatic rings. The Bertz CT molecular complexity index is 397. The third-order valence-electron chi connectivity index (χ3n) is 1.73. The number of hydrogen-bond donors (Lipinski definition) is 0. The molecule has 0 fully saturated rings. The number of aryl methyl sites for hydroxylation is 1. The lowest BCUT2D eigenvalue weighted by atomic mass is 10.3. The molecule has 2 aromatic rings. The summed E-state index contributed by atoms with van der Waals surface area (Å²) in [5, 5.41) is 1.96. The van der Waals surface area contributed by atoms with E-state index in [0.29, 0.717) is 0 Å². The summed E-state index contributed by atoms with van der Waals surface area (Å²) < 4.78 is 0. The van der Waals surface area contributed by atoms with Gasteiger partial charge in [-0.15, -0.1) is 0 Å². The van der Waals surface area contributed by atoms with Crippen LogP contribution in [-0.4, -0.2) is 9.97 Å². The summed E-state index contributed by atoms with van der Waals surface area (Å²) in [7, 11) is 0. The van der Waals surface area contributed by atoms with Crippen LogP contribution in [0.1, 0.15) is 5.56 Å². The van der Waals surface area contributed by atoms with Gasteiger partial charge in [-0.1, -0.05) is 23.9 Å². The molecule has 0 aromatic carbocycles. The maximum absolute atomic E-state index is 4.30. The SMILES string of the molecule is Cc1ccc(Sc2ccccn2)nc1. The van der Waals surface area contributed by atoms with Gasteiger partial charge in [0.2, 0.25) is 0 Å². The Morgan fingerprint density at radius 2 is 1.86 bits per heavy atom. The molecule has 2 heterocycles. The number of pyridine rings is 2. The molecule has 0 aliphatic carbocycles. The van der Waals surface area contributed by atoms with E-state index < -0.39 is 0 Å². The zero-order chi connectivity index (χ0) is 9.80. The monoisotopic (exact) mass is 202 g/mol. The van der Waals surface area contributed by atoms with Crippen molar-refractivity contribution >= 4 is 11.8 Å². The lowest BCUT2D eigenvalue weighted by Crippen LogP contribution is -1.82. The molecule has 14 heavy (non-hydrogen) atoms. The summed E-state index contributed by atoms with van der Waals surface area (Å²) in [6, 6.07) is 9.93. The molecule has 0 saturated carbocycles. The van der Waals surface area contributed by atoms with Gasteiger partial charge in [-0.05, 0) is 30.7 Å². The van der Waals surface area contributed by atoms with Gasteiger partial charge in [0.15, 0.2) is 0 Å². The molecule has 0 bridgehead atoms.